The number of pyridine rings is 1. The fraction of sp³-hybridized carbons (Fsp3) is 0.211. The largest absolute Gasteiger partial charge is 0.493 e. The van der Waals surface area contributed by atoms with Gasteiger partial charge < -0.3 is 14.8 Å². The predicted octanol–water partition coefficient (Wildman–Crippen LogP) is 2.88. The number of amides is 1. The fourth-order valence-electron chi connectivity index (χ4n) is 2.19. The van der Waals surface area contributed by atoms with Crippen molar-refractivity contribution in [1.82, 2.24) is 10.3 Å². The minimum absolute atomic E-state index is 0.0547. The van der Waals surface area contributed by atoms with Crippen molar-refractivity contribution in [3.05, 3.63) is 59.9 Å². The zero-order valence-corrected chi connectivity index (χ0v) is 14.1. The number of nitriles is 1. The molecule has 0 aliphatic carbocycles. The summed E-state index contributed by atoms with van der Waals surface area (Å²) in [5.74, 6) is 0.785. The molecular formula is C19H19N3O3. The minimum Gasteiger partial charge on any atom is -0.493 e. The van der Waals surface area contributed by atoms with Crippen LogP contribution in [0, 0.1) is 11.3 Å². The second kappa shape index (κ2) is 9.08. The Bertz CT molecular complexity index is 782. The van der Waals surface area contributed by atoms with Crippen LogP contribution in [0.5, 0.6) is 11.5 Å². The van der Waals surface area contributed by atoms with Gasteiger partial charge >= 0.3 is 0 Å². The lowest BCUT2D eigenvalue weighted by Gasteiger charge is -2.12. The van der Waals surface area contributed by atoms with E-state index in [1.54, 1.807) is 36.7 Å². The molecule has 0 radical (unpaired) electrons. The van der Waals surface area contributed by atoms with Gasteiger partial charge in [-0.25, -0.2) is 0 Å². The number of ether oxygens (including phenoxy) is 2. The van der Waals surface area contributed by atoms with E-state index in [0.717, 1.165) is 11.1 Å². The Hall–Kier alpha value is -3.33. The average Bonchev–Trinajstić information content (AvgIpc) is 2.65. The first-order valence-electron chi connectivity index (χ1n) is 7.70. The normalized spacial score (nSPS) is 11.6. The summed E-state index contributed by atoms with van der Waals surface area (Å²) >= 11 is 0. The molecule has 2 aromatic rings. The van der Waals surface area contributed by atoms with E-state index in [2.05, 4.69) is 10.3 Å². The highest BCUT2D eigenvalue weighted by Crippen LogP contribution is 2.28. The van der Waals surface area contributed by atoms with Crippen molar-refractivity contribution in [3.63, 3.8) is 0 Å². The van der Waals surface area contributed by atoms with Gasteiger partial charge in [-0.2, -0.15) is 5.26 Å². The molecule has 0 aliphatic heterocycles. The lowest BCUT2D eigenvalue weighted by atomic mass is 10.1. The number of nitrogens with one attached hydrogen (secondary N) is 1. The van der Waals surface area contributed by atoms with Gasteiger partial charge in [0.05, 0.1) is 13.2 Å². The van der Waals surface area contributed by atoms with Gasteiger partial charge in [-0.05, 0) is 48.4 Å². The zero-order chi connectivity index (χ0) is 18.1. The lowest BCUT2D eigenvalue weighted by Crippen LogP contribution is -2.24. The highest BCUT2D eigenvalue weighted by Gasteiger charge is 2.08. The first-order valence-corrected chi connectivity index (χ1v) is 7.70. The van der Waals surface area contributed by atoms with E-state index in [-0.39, 0.29) is 18.6 Å². The molecule has 6 heteroatoms. The number of benzene rings is 1. The molecular weight excluding hydrogens is 318 g/mol. The van der Waals surface area contributed by atoms with E-state index in [9.17, 15) is 4.79 Å². The molecule has 1 amide bonds. The second-order valence-corrected chi connectivity index (χ2v) is 5.20. The second-order valence-electron chi connectivity index (χ2n) is 5.20. The highest BCUT2D eigenvalue weighted by atomic mass is 16.5. The van der Waals surface area contributed by atoms with Gasteiger partial charge in [0.1, 0.15) is 6.07 Å². The monoisotopic (exact) mass is 337 g/mol. The van der Waals surface area contributed by atoms with Gasteiger partial charge in [0.2, 0.25) is 5.91 Å². The molecule has 1 atom stereocenters. The summed E-state index contributed by atoms with van der Waals surface area (Å²) in [6.07, 6.45) is 6.53. The van der Waals surface area contributed by atoms with Crippen LogP contribution in [0.25, 0.3) is 6.08 Å². The van der Waals surface area contributed by atoms with Gasteiger partial charge in [-0.3, -0.25) is 9.78 Å². The number of rotatable bonds is 7. The third-order valence-corrected chi connectivity index (χ3v) is 3.47. The van der Waals surface area contributed by atoms with Crippen LogP contribution in [-0.4, -0.2) is 24.6 Å². The number of hydrogen-bond acceptors (Lipinski definition) is 5. The van der Waals surface area contributed by atoms with Crippen LogP contribution in [0.3, 0.4) is 0 Å². The Morgan fingerprint density at radius 2 is 2.08 bits per heavy atom. The smallest absolute Gasteiger partial charge is 0.244 e. The van der Waals surface area contributed by atoms with Gasteiger partial charge in [0, 0.05) is 18.5 Å². The Labute approximate surface area is 146 Å². The van der Waals surface area contributed by atoms with Gasteiger partial charge in [-0.1, -0.05) is 6.07 Å². The van der Waals surface area contributed by atoms with Gasteiger partial charge in [0.15, 0.2) is 18.1 Å². The van der Waals surface area contributed by atoms with Crippen molar-refractivity contribution < 1.29 is 14.3 Å². The predicted molar refractivity (Wildman–Crippen MR) is 93.9 cm³/mol. The molecule has 0 spiro atoms. The molecule has 0 saturated carbocycles. The summed E-state index contributed by atoms with van der Waals surface area (Å²) in [6, 6.07) is 10.7. The first-order chi connectivity index (χ1) is 12.1. The molecule has 1 heterocycles. The van der Waals surface area contributed by atoms with Crippen LogP contribution in [-0.2, 0) is 4.79 Å². The zero-order valence-electron chi connectivity index (χ0n) is 14.1. The topological polar surface area (TPSA) is 84.2 Å². The summed E-state index contributed by atoms with van der Waals surface area (Å²) < 4.78 is 10.5. The third-order valence-electron chi connectivity index (χ3n) is 3.47. The van der Waals surface area contributed by atoms with Crippen LogP contribution in [0.15, 0.2) is 48.8 Å². The van der Waals surface area contributed by atoms with Crippen molar-refractivity contribution in [2.45, 2.75) is 13.0 Å². The standard InChI is InChI=1S/C19H19N3O3/c1-14(16-7-10-21-11-8-16)22-19(23)6-4-15-3-5-17(25-12-9-20)18(13-15)24-2/h3-8,10-11,13-14H,12H2,1-2H3,(H,22,23). The van der Waals surface area contributed by atoms with Crippen molar-refractivity contribution in [3.8, 4) is 17.6 Å². The third kappa shape index (κ3) is 5.36. The molecule has 1 aromatic carbocycles. The molecule has 1 aromatic heterocycles. The van der Waals surface area contributed by atoms with Crippen LogP contribution in [0.1, 0.15) is 24.1 Å². The summed E-state index contributed by atoms with van der Waals surface area (Å²) in [4.78, 5) is 16.0. The van der Waals surface area contributed by atoms with Crippen LogP contribution in [0.2, 0.25) is 0 Å². The maximum Gasteiger partial charge on any atom is 0.244 e. The SMILES string of the molecule is COc1cc(C=CC(=O)NC(C)c2ccncc2)ccc1OCC#N. The molecule has 0 fully saturated rings. The van der Waals surface area contributed by atoms with E-state index in [4.69, 9.17) is 14.7 Å². The summed E-state index contributed by atoms with van der Waals surface area (Å²) in [7, 11) is 1.52. The summed E-state index contributed by atoms with van der Waals surface area (Å²) in [5, 5.41) is 11.5. The van der Waals surface area contributed by atoms with Crippen LogP contribution >= 0.6 is 0 Å². The number of aromatic nitrogens is 1. The molecule has 128 valence electrons. The minimum atomic E-state index is -0.201. The fourth-order valence-corrected chi connectivity index (χ4v) is 2.19. The van der Waals surface area contributed by atoms with E-state index in [1.807, 2.05) is 25.1 Å². The Balaban J connectivity index is 2.01. The molecule has 0 bridgehead atoms. The van der Waals surface area contributed by atoms with Crippen LogP contribution < -0.4 is 14.8 Å². The number of carbonyl (C=O) groups excluding carboxylic acids is 1. The van der Waals surface area contributed by atoms with E-state index < -0.39 is 0 Å². The average molecular weight is 337 g/mol. The van der Waals surface area contributed by atoms with Gasteiger partial charge in [-0.15, -0.1) is 0 Å². The molecule has 0 aliphatic rings. The quantitative estimate of drug-likeness (QED) is 0.785. The van der Waals surface area contributed by atoms with Crippen molar-refractivity contribution in [1.29, 1.82) is 5.26 Å². The van der Waals surface area contributed by atoms with Crippen molar-refractivity contribution in [2.24, 2.45) is 0 Å². The first kappa shape index (κ1) is 18.0. The van der Waals surface area contributed by atoms with Crippen molar-refractivity contribution in [2.75, 3.05) is 13.7 Å². The van der Waals surface area contributed by atoms with Crippen LogP contribution in [0.4, 0.5) is 0 Å². The molecule has 2 rings (SSSR count). The van der Waals surface area contributed by atoms with Crippen molar-refractivity contribution >= 4 is 12.0 Å². The Morgan fingerprint density at radius 3 is 2.76 bits per heavy atom. The highest BCUT2D eigenvalue weighted by molar-refractivity contribution is 5.92. The maximum absolute atomic E-state index is 12.1. The number of hydrogen-bond donors (Lipinski definition) is 1. The Kier molecular flexibility index (Phi) is 6.55. The van der Waals surface area contributed by atoms with E-state index in [0.29, 0.717) is 11.5 Å². The van der Waals surface area contributed by atoms with E-state index in [1.165, 1.54) is 13.2 Å². The molecule has 6 nitrogen and oxygen atoms in total. The summed E-state index contributed by atoms with van der Waals surface area (Å²) in [6.45, 7) is 1.85. The lowest BCUT2D eigenvalue weighted by molar-refractivity contribution is -0.117. The molecule has 1 unspecified atom stereocenters. The summed E-state index contributed by atoms with van der Waals surface area (Å²) in [5.41, 5.74) is 1.77. The molecule has 0 saturated heterocycles. The molecule has 1 N–H and O–H groups in total. The number of nitrogens with zero attached hydrogens (tertiary/aromatic N) is 2. The molecule has 25 heavy (non-hydrogen) atoms. The van der Waals surface area contributed by atoms with E-state index >= 15 is 0 Å². The maximum atomic E-state index is 12.1. The number of carbonyl (C=O) groups is 1. The number of methoxy groups -OCH3 is 1. The Morgan fingerprint density at radius 1 is 1.32 bits per heavy atom. The van der Waals surface area contributed by atoms with Gasteiger partial charge in [0.25, 0.3) is 0 Å².